The summed E-state index contributed by atoms with van der Waals surface area (Å²) in [5.41, 5.74) is 1.17. The lowest BCUT2D eigenvalue weighted by Gasteiger charge is -2.08. The van der Waals surface area contributed by atoms with Crippen molar-refractivity contribution in [2.45, 2.75) is 25.9 Å². The minimum absolute atomic E-state index is 0.151. The number of H-pyrrole nitrogens is 1. The molecule has 0 spiro atoms. The SMILES string of the molecule is CCCC(OC)c1noc(-c2c[nH]c(C#N)c2)n1. The standard InChI is InChI=1S/C12H14N4O2/c1-3-4-10(17-2)11-15-12(18-16-11)8-5-9(6-13)14-7-8/h5,7,10,14H,3-4H2,1-2H3. The van der Waals surface area contributed by atoms with Gasteiger partial charge in [-0.3, -0.25) is 0 Å². The lowest BCUT2D eigenvalue weighted by molar-refractivity contribution is 0.0854. The van der Waals surface area contributed by atoms with Gasteiger partial charge in [-0.2, -0.15) is 10.2 Å². The van der Waals surface area contributed by atoms with Gasteiger partial charge in [0.15, 0.2) is 0 Å². The van der Waals surface area contributed by atoms with Crippen LogP contribution in [0.25, 0.3) is 11.5 Å². The second-order valence-electron chi connectivity index (χ2n) is 3.88. The molecule has 0 aliphatic rings. The van der Waals surface area contributed by atoms with Crippen molar-refractivity contribution in [3.63, 3.8) is 0 Å². The van der Waals surface area contributed by atoms with Crippen LogP contribution in [0.1, 0.15) is 37.4 Å². The van der Waals surface area contributed by atoms with Gasteiger partial charge in [0.1, 0.15) is 17.9 Å². The summed E-state index contributed by atoms with van der Waals surface area (Å²) in [6.07, 6.45) is 3.33. The predicted octanol–water partition coefficient (Wildman–Crippen LogP) is 2.42. The van der Waals surface area contributed by atoms with Crippen LogP contribution in [0.15, 0.2) is 16.8 Å². The molecule has 0 saturated carbocycles. The topological polar surface area (TPSA) is 87.7 Å². The molecule has 0 aliphatic carbocycles. The summed E-state index contributed by atoms with van der Waals surface area (Å²) >= 11 is 0. The maximum atomic E-state index is 8.73. The summed E-state index contributed by atoms with van der Waals surface area (Å²) in [5.74, 6) is 0.926. The highest BCUT2D eigenvalue weighted by molar-refractivity contribution is 5.54. The van der Waals surface area contributed by atoms with Crippen LogP contribution in [0.3, 0.4) is 0 Å². The highest BCUT2D eigenvalue weighted by Crippen LogP contribution is 2.23. The molecule has 0 aromatic carbocycles. The predicted molar refractivity (Wildman–Crippen MR) is 63.5 cm³/mol. The zero-order valence-corrected chi connectivity index (χ0v) is 10.3. The van der Waals surface area contributed by atoms with E-state index in [4.69, 9.17) is 14.5 Å². The van der Waals surface area contributed by atoms with Crippen molar-refractivity contribution in [3.05, 3.63) is 23.8 Å². The first kappa shape index (κ1) is 12.3. The molecule has 1 N–H and O–H groups in total. The van der Waals surface area contributed by atoms with E-state index >= 15 is 0 Å². The molecule has 0 saturated heterocycles. The summed E-state index contributed by atoms with van der Waals surface area (Å²) < 4.78 is 10.5. The first-order chi connectivity index (χ1) is 8.78. The Hall–Kier alpha value is -2.13. The normalized spacial score (nSPS) is 12.3. The Labute approximate surface area is 105 Å². The number of methoxy groups -OCH3 is 1. The fourth-order valence-corrected chi connectivity index (χ4v) is 1.68. The van der Waals surface area contributed by atoms with E-state index in [0.717, 1.165) is 12.8 Å². The molecule has 0 fully saturated rings. The summed E-state index contributed by atoms with van der Waals surface area (Å²) in [6, 6.07) is 3.67. The van der Waals surface area contributed by atoms with Crippen molar-refractivity contribution in [1.82, 2.24) is 15.1 Å². The zero-order valence-electron chi connectivity index (χ0n) is 10.3. The third kappa shape index (κ3) is 2.41. The first-order valence-electron chi connectivity index (χ1n) is 5.73. The van der Waals surface area contributed by atoms with E-state index in [2.05, 4.69) is 22.0 Å². The molecule has 18 heavy (non-hydrogen) atoms. The molecule has 2 aromatic rings. The van der Waals surface area contributed by atoms with E-state index in [0.29, 0.717) is 23.0 Å². The number of rotatable bonds is 5. The van der Waals surface area contributed by atoms with Crippen LogP contribution in [-0.4, -0.2) is 22.2 Å². The highest BCUT2D eigenvalue weighted by atomic mass is 16.5. The fraction of sp³-hybridized carbons (Fsp3) is 0.417. The van der Waals surface area contributed by atoms with Crippen molar-refractivity contribution in [2.75, 3.05) is 7.11 Å². The molecule has 6 nitrogen and oxygen atoms in total. The Morgan fingerprint density at radius 1 is 1.61 bits per heavy atom. The monoisotopic (exact) mass is 246 g/mol. The Morgan fingerprint density at radius 2 is 2.44 bits per heavy atom. The van der Waals surface area contributed by atoms with E-state index in [9.17, 15) is 0 Å². The van der Waals surface area contributed by atoms with E-state index in [-0.39, 0.29) is 6.10 Å². The van der Waals surface area contributed by atoms with Gasteiger partial charge < -0.3 is 14.2 Å². The second kappa shape index (κ2) is 5.47. The number of aromatic nitrogens is 3. The van der Waals surface area contributed by atoms with E-state index in [1.54, 1.807) is 19.4 Å². The number of aromatic amines is 1. The minimum atomic E-state index is -0.151. The lowest BCUT2D eigenvalue weighted by Crippen LogP contribution is -2.02. The van der Waals surface area contributed by atoms with Crippen LogP contribution in [-0.2, 0) is 4.74 Å². The first-order valence-corrected chi connectivity index (χ1v) is 5.73. The molecule has 2 heterocycles. The highest BCUT2D eigenvalue weighted by Gasteiger charge is 2.18. The maximum absolute atomic E-state index is 8.73. The molecule has 0 radical (unpaired) electrons. The minimum Gasteiger partial charge on any atom is -0.373 e. The largest absolute Gasteiger partial charge is 0.373 e. The van der Waals surface area contributed by atoms with Crippen LogP contribution in [0.4, 0.5) is 0 Å². The molecule has 1 unspecified atom stereocenters. The third-order valence-corrected chi connectivity index (χ3v) is 2.62. The lowest BCUT2D eigenvalue weighted by atomic mass is 10.2. The molecule has 1 atom stereocenters. The van der Waals surface area contributed by atoms with Crippen molar-refractivity contribution < 1.29 is 9.26 Å². The number of nitrogens with one attached hydrogen (secondary N) is 1. The number of hydrogen-bond acceptors (Lipinski definition) is 5. The van der Waals surface area contributed by atoms with Crippen LogP contribution < -0.4 is 0 Å². The van der Waals surface area contributed by atoms with Gasteiger partial charge in [0.05, 0.1) is 5.56 Å². The number of ether oxygens (including phenoxy) is 1. The van der Waals surface area contributed by atoms with Crippen LogP contribution in [0, 0.1) is 11.3 Å². The van der Waals surface area contributed by atoms with Gasteiger partial charge in [0.2, 0.25) is 5.82 Å². The Kier molecular flexibility index (Phi) is 3.75. The molecule has 6 heteroatoms. The summed E-state index contributed by atoms with van der Waals surface area (Å²) in [4.78, 5) is 7.10. The average Bonchev–Trinajstić information content (AvgIpc) is 3.03. The molecule has 0 bridgehead atoms. The average molecular weight is 246 g/mol. The van der Waals surface area contributed by atoms with Gasteiger partial charge in [0, 0.05) is 13.3 Å². The number of nitrogens with zero attached hydrogens (tertiary/aromatic N) is 3. The van der Waals surface area contributed by atoms with Gasteiger partial charge in [-0.05, 0) is 12.5 Å². The van der Waals surface area contributed by atoms with Gasteiger partial charge in [0.25, 0.3) is 5.89 Å². The molecule has 0 amide bonds. The smallest absolute Gasteiger partial charge is 0.259 e. The van der Waals surface area contributed by atoms with Crippen LogP contribution in [0.5, 0.6) is 0 Å². The van der Waals surface area contributed by atoms with Crippen molar-refractivity contribution in [3.8, 4) is 17.5 Å². The van der Waals surface area contributed by atoms with Gasteiger partial charge >= 0.3 is 0 Å². The Bertz CT molecular complexity index is 552. The molecular formula is C12H14N4O2. The van der Waals surface area contributed by atoms with E-state index < -0.39 is 0 Å². The number of hydrogen-bond donors (Lipinski definition) is 1. The third-order valence-electron chi connectivity index (χ3n) is 2.62. The summed E-state index contributed by atoms with van der Waals surface area (Å²) in [7, 11) is 1.63. The molecule has 2 aromatic heterocycles. The number of nitriles is 1. The molecule has 0 aliphatic heterocycles. The second-order valence-corrected chi connectivity index (χ2v) is 3.88. The van der Waals surface area contributed by atoms with Crippen molar-refractivity contribution >= 4 is 0 Å². The Morgan fingerprint density at radius 3 is 3.06 bits per heavy atom. The van der Waals surface area contributed by atoms with Gasteiger partial charge in [-0.25, -0.2) is 0 Å². The van der Waals surface area contributed by atoms with E-state index in [1.165, 1.54) is 0 Å². The van der Waals surface area contributed by atoms with Crippen LogP contribution in [0.2, 0.25) is 0 Å². The summed E-state index contributed by atoms with van der Waals surface area (Å²) in [6.45, 7) is 2.07. The van der Waals surface area contributed by atoms with Crippen molar-refractivity contribution in [1.29, 1.82) is 5.26 Å². The van der Waals surface area contributed by atoms with Gasteiger partial charge in [-0.1, -0.05) is 18.5 Å². The molecular weight excluding hydrogens is 232 g/mol. The maximum Gasteiger partial charge on any atom is 0.259 e. The Balaban J connectivity index is 2.22. The van der Waals surface area contributed by atoms with Gasteiger partial charge in [-0.15, -0.1) is 0 Å². The molecule has 94 valence electrons. The van der Waals surface area contributed by atoms with E-state index in [1.807, 2.05) is 6.07 Å². The van der Waals surface area contributed by atoms with Crippen LogP contribution >= 0.6 is 0 Å². The van der Waals surface area contributed by atoms with Crippen molar-refractivity contribution in [2.24, 2.45) is 0 Å². The summed E-state index contributed by atoms with van der Waals surface area (Å²) in [5, 5.41) is 12.6. The fourth-order valence-electron chi connectivity index (χ4n) is 1.68. The zero-order chi connectivity index (χ0) is 13.0. The quantitative estimate of drug-likeness (QED) is 0.875. The molecule has 2 rings (SSSR count).